The number of amides is 1. The van der Waals surface area contributed by atoms with E-state index >= 15 is 0 Å². The summed E-state index contributed by atoms with van der Waals surface area (Å²) in [5, 5.41) is 11.7. The molecule has 1 amide bonds. The van der Waals surface area contributed by atoms with Gasteiger partial charge in [-0.05, 0) is 25.1 Å². The first kappa shape index (κ1) is 15.0. The first-order valence-corrected chi connectivity index (χ1v) is 7.24. The van der Waals surface area contributed by atoms with E-state index in [0.29, 0.717) is 23.6 Å². The molecule has 0 heterocycles. The van der Waals surface area contributed by atoms with E-state index in [1.54, 1.807) is 18.2 Å². The molecule has 6 heteroatoms. The zero-order valence-electron chi connectivity index (χ0n) is 9.90. The molecule has 0 aliphatic rings. The summed E-state index contributed by atoms with van der Waals surface area (Å²) in [6.45, 7) is 2.47. The molecule has 0 atom stereocenters. The van der Waals surface area contributed by atoms with Gasteiger partial charge in [-0.3, -0.25) is 4.79 Å². The van der Waals surface area contributed by atoms with Crippen molar-refractivity contribution in [3.63, 3.8) is 0 Å². The first-order chi connectivity index (χ1) is 8.54. The molecule has 0 aliphatic carbocycles. The number of aromatic carboxylic acids is 1. The number of halogens is 1. The molecule has 0 saturated carbocycles. The van der Waals surface area contributed by atoms with Gasteiger partial charge in [-0.2, -0.15) is 0 Å². The number of carbonyl (C=O) groups excluding carboxylic acids is 1. The molecule has 0 saturated heterocycles. The first-order valence-electron chi connectivity index (χ1n) is 5.47. The Hall–Kier alpha value is -1.01. The van der Waals surface area contributed by atoms with E-state index in [0.717, 1.165) is 4.47 Å². The average Bonchev–Trinajstić information content (AvgIpc) is 2.29. The van der Waals surface area contributed by atoms with Crippen LogP contribution in [0.4, 0.5) is 0 Å². The third-order valence-corrected chi connectivity index (χ3v) is 3.68. The van der Waals surface area contributed by atoms with E-state index in [2.05, 4.69) is 21.2 Å². The van der Waals surface area contributed by atoms with Gasteiger partial charge < -0.3 is 10.4 Å². The topological polar surface area (TPSA) is 66.4 Å². The van der Waals surface area contributed by atoms with Crippen molar-refractivity contribution in [2.24, 2.45) is 0 Å². The number of thioether (sulfide) groups is 1. The van der Waals surface area contributed by atoms with Gasteiger partial charge in [0.05, 0.1) is 5.56 Å². The van der Waals surface area contributed by atoms with Gasteiger partial charge in [0.2, 0.25) is 5.91 Å². The zero-order valence-corrected chi connectivity index (χ0v) is 12.3. The van der Waals surface area contributed by atoms with Crippen molar-refractivity contribution in [2.75, 3.05) is 12.3 Å². The van der Waals surface area contributed by atoms with Gasteiger partial charge in [-0.1, -0.05) is 15.9 Å². The molecule has 0 radical (unpaired) electrons. The van der Waals surface area contributed by atoms with Crippen LogP contribution in [0.1, 0.15) is 23.7 Å². The predicted molar refractivity (Wildman–Crippen MR) is 75.1 cm³/mol. The van der Waals surface area contributed by atoms with Crippen LogP contribution in [0.3, 0.4) is 0 Å². The summed E-state index contributed by atoms with van der Waals surface area (Å²) in [5.41, 5.74) is 0.263. The molecule has 1 rings (SSSR count). The summed E-state index contributed by atoms with van der Waals surface area (Å²) in [4.78, 5) is 23.0. The molecule has 2 N–H and O–H groups in total. The summed E-state index contributed by atoms with van der Waals surface area (Å²) in [5.74, 6) is -0.414. The quantitative estimate of drug-likeness (QED) is 0.786. The minimum Gasteiger partial charge on any atom is -0.478 e. The fourth-order valence-corrected chi connectivity index (χ4v) is 2.87. The molecule has 0 bridgehead atoms. The van der Waals surface area contributed by atoms with E-state index in [9.17, 15) is 9.59 Å². The van der Waals surface area contributed by atoms with Crippen LogP contribution in [0.15, 0.2) is 27.6 Å². The lowest BCUT2D eigenvalue weighted by atomic mass is 10.2. The Bertz CT molecular complexity index is 451. The number of carboxylic acid groups (broad SMARTS) is 1. The molecule has 0 fully saturated rings. The Kier molecular flexibility index (Phi) is 6.21. The van der Waals surface area contributed by atoms with Crippen LogP contribution in [0.5, 0.6) is 0 Å². The fourth-order valence-electron chi connectivity index (χ4n) is 1.33. The van der Waals surface area contributed by atoms with Crippen molar-refractivity contribution in [3.05, 3.63) is 28.2 Å². The van der Waals surface area contributed by atoms with E-state index in [1.165, 1.54) is 11.8 Å². The maximum atomic E-state index is 11.3. The highest BCUT2D eigenvalue weighted by Gasteiger charge is 2.11. The van der Waals surface area contributed by atoms with E-state index in [1.807, 2.05) is 6.92 Å². The van der Waals surface area contributed by atoms with Crippen LogP contribution < -0.4 is 5.32 Å². The van der Waals surface area contributed by atoms with Crippen molar-refractivity contribution in [3.8, 4) is 0 Å². The fraction of sp³-hybridized carbons (Fsp3) is 0.333. The lowest BCUT2D eigenvalue weighted by Crippen LogP contribution is -2.22. The summed E-state index contributed by atoms with van der Waals surface area (Å²) in [6, 6.07) is 5.00. The number of rotatable bonds is 6. The minimum absolute atomic E-state index is 0.0168. The largest absolute Gasteiger partial charge is 0.478 e. The molecular formula is C12H14BrNO3S. The number of benzene rings is 1. The molecule has 0 aliphatic heterocycles. The van der Waals surface area contributed by atoms with Crippen LogP contribution in [0.25, 0.3) is 0 Å². The van der Waals surface area contributed by atoms with Crippen molar-refractivity contribution in [2.45, 2.75) is 18.2 Å². The maximum absolute atomic E-state index is 11.3. The standard InChI is InChI=1S/C12H14BrNO3S/c1-2-14-11(15)5-6-18-10-7-8(13)3-4-9(10)12(16)17/h3-4,7H,2,5-6H2,1H3,(H,14,15)(H,16,17). The molecule has 1 aromatic rings. The molecule has 1 aromatic carbocycles. The van der Waals surface area contributed by atoms with Gasteiger partial charge in [0, 0.05) is 28.1 Å². The van der Waals surface area contributed by atoms with Crippen LogP contribution in [-0.4, -0.2) is 29.3 Å². The van der Waals surface area contributed by atoms with Crippen LogP contribution in [0, 0.1) is 0 Å². The maximum Gasteiger partial charge on any atom is 0.336 e. The van der Waals surface area contributed by atoms with Gasteiger partial charge in [0.25, 0.3) is 0 Å². The van der Waals surface area contributed by atoms with E-state index in [-0.39, 0.29) is 11.5 Å². The molecule has 0 aromatic heterocycles. The Morgan fingerprint density at radius 2 is 2.17 bits per heavy atom. The van der Waals surface area contributed by atoms with Crippen LogP contribution in [0.2, 0.25) is 0 Å². The molecule has 0 spiro atoms. The highest BCUT2D eigenvalue weighted by atomic mass is 79.9. The zero-order chi connectivity index (χ0) is 13.5. The number of carbonyl (C=O) groups is 2. The Morgan fingerprint density at radius 1 is 1.44 bits per heavy atom. The Morgan fingerprint density at radius 3 is 2.78 bits per heavy atom. The van der Waals surface area contributed by atoms with Gasteiger partial charge in [0.1, 0.15) is 0 Å². The minimum atomic E-state index is -0.956. The SMILES string of the molecule is CCNC(=O)CCSc1cc(Br)ccc1C(=O)O. The van der Waals surface area contributed by atoms with Crippen molar-refractivity contribution >= 4 is 39.6 Å². The van der Waals surface area contributed by atoms with Crippen LogP contribution in [-0.2, 0) is 4.79 Å². The molecule has 98 valence electrons. The van der Waals surface area contributed by atoms with Gasteiger partial charge in [-0.25, -0.2) is 4.79 Å². The third kappa shape index (κ3) is 4.70. The smallest absolute Gasteiger partial charge is 0.336 e. The number of carboxylic acids is 1. The Labute approximate surface area is 118 Å². The van der Waals surface area contributed by atoms with E-state index < -0.39 is 5.97 Å². The monoisotopic (exact) mass is 331 g/mol. The van der Waals surface area contributed by atoms with Crippen molar-refractivity contribution < 1.29 is 14.7 Å². The number of hydrogen-bond acceptors (Lipinski definition) is 3. The van der Waals surface area contributed by atoms with Gasteiger partial charge in [-0.15, -0.1) is 11.8 Å². The summed E-state index contributed by atoms with van der Waals surface area (Å²) < 4.78 is 0.827. The van der Waals surface area contributed by atoms with Crippen LogP contribution >= 0.6 is 27.7 Å². The van der Waals surface area contributed by atoms with Gasteiger partial charge >= 0.3 is 5.97 Å². The van der Waals surface area contributed by atoms with Crippen molar-refractivity contribution in [1.29, 1.82) is 0 Å². The average molecular weight is 332 g/mol. The number of nitrogens with one attached hydrogen (secondary N) is 1. The van der Waals surface area contributed by atoms with E-state index in [4.69, 9.17) is 5.11 Å². The van der Waals surface area contributed by atoms with Crippen molar-refractivity contribution in [1.82, 2.24) is 5.32 Å². The molecule has 18 heavy (non-hydrogen) atoms. The lowest BCUT2D eigenvalue weighted by Gasteiger charge is -2.06. The summed E-state index contributed by atoms with van der Waals surface area (Å²) in [7, 11) is 0. The highest BCUT2D eigenvalue weighted by Crippen LogP contribution is 2.27. The predicted octanol–water partition coefficient (Wildman–Crippen LogP) is 2.77. The number of hydrogen-bond donors (Lipinski definition) is 2. The molecular weight excluding hydrogens is 318 g/mol. The second-order valence-electron chi connectivity index (χ2n) is 3.50. The molecule has 4 nitrogen and oxygen atoms in total. The summed E-state index contributed by atoms with van der Waals surface area (Å²) >= 11 is 4.68. The summed E-state index contributed by atoms with van der Waals surface area (Å²) in [6.07, 6.45) is 0.379. The molecule has 0 unspecified atom stereocenters. The highest BCUT2D eigenvalue weighted by molar-refractivity contribution is 9.10. The normalized spacial score (nSPS) is 10.1. The second-order valence-corrected chi connectivity index (χ2v) is 5.55. The third-order valence-electron chi connectivity index (χ3n) is 2.13. The van der Waals surface area contributed by atoms with Gasteiger partial charge in [0.15, 0.2) is 0 Å². The second kappa shape index (κ2) is 7.43. The Balaban J connectivity index is 2.63. The lowest BCUT2D eigenvalue weighted by molar-refractivity contribution is -0.120.